The van der Waals surface area contributed by atoms with Crippen LogP contribution in [0, 0.1) is 58.2 Å². The molecule has 0 heterocycles. The van der Waals surface area contributed by atoms with E-state index in [2.05, 4.69) is 0 Å². The van der Waals surface area contributed by atoms with Crippen molar-refractivity contribution in [1.82, 2.24) is 0 Å². The van der Waals surface area contributed by atoms with Gasteiger partial charge in [0.05, 0.1) is 17.7 Å². The zero-order valence-electron chi connectivity index (χ0n) is 11.9. The predicted molar refractivity (Wildman–Crippen MR) is 62.5 cm³/mol. The fourth-order valence-corrected chi connectivity index (χ4v) is 2.22. The molecule has 0 bridgehead atoms. The highest BCUT2D eigenvalue weighted by molar-refractivity contribution is 5.41. The summed E-state index contributed by atoms with van der Waals surface area (Å²) in [5.41, 5.74) is -9.01. The van der Waals surface area contributed by atoms with E-state index in [-0.39, 0.29) is 0 Å². The first-order valence-corrected chi connectivity index (χ1v) is 6.28. The Morgan fingerprint density at radius 2 is 0.654 bits per heavy atom. The third-order valence-electron chi connectivity index (χ3n) is 3.48. The topological polar surface area (TPSA) is 40.5 Å². The quantitative estimate of drug-likeness (QED) is 0.477. The van der Waals surface area contributed by atoms with Gasteiger partial charge in [0.2, 0.25) is 11.6 Å². The monoisotopic (exact) mass is 394 g/mol. The van der Waals surface area contributed by atoms with Crippen LogP contribution in [0.25, 0.3) is 0 Å². The predicted octanol–water partition coefficient (Wildman–Crippen LogP) is 3.31. The first-order chi connectivity index (χ1) is 11.9. The van der Waals surface area contributed by atoms with Crippen LogP contribution in [-0.4, -0.2) is 16.8 Å². The number of halogens is 10. The number of hydrogen-bond acceptors (Lipinski definition) is 2. The Labute approximate surface area is 136 Å². The van der Waals surface area contributed by atoms with Gasteiger partial charge in [0.1, 0.15) is 5.60 Å². The minimum Gasteiger partial charge on any atom is -0.393 e. The van der Waals surface area contributed by atoms with E-state index in [0.717, 1.165) is 0 Å². The summed E-state index contributed by atoms with van der Waals surface area (Å²) in [5.74, 6) is -27.6. The number of rotatable bonds is 3. The van der Waals surface area contributed by atoms with E-state index in [0.29, 0.717) is 0 Å². The average molecular weight is 394 g/mol. The molecule has 0 radical (unpaired) electrons. The molecule has 2 nitrogen and oxygen atoms in total. The molecule has 0 aliphatic heterocycles. The molecule has 0 saturated heterocycles. The summed E-state index contributed by atoms with van der Waals surface area (Å²) in [6, 6.07) is 0. The van der Waals surface area contributed by atoms with Gasteiger partial charge in [-0.25, -0.2) is 43.9 Å². The third kappa shape index (κ3) is 2.51. The second kappa shape index (κ2) is 6.43. The van der Waals surface area contributed by atoms with E-state index in [1.165, 1.54) is 0 Å². The van der Waals surface area contributed by atoms with E-state index >= 15 is 0 Å². The van der Waals surface area contributed by atoms with Crippen LogP contribution in [0.2, 0.25) is 0 Å². The standard InChI is InChI=1S/C14H4F10O2/c15-4-2(5(16)9(20)12(23)8(4)19)14(26,1-25)3-6(17)10(21)13(24)11(22)7(3)18/h25-26H,1H2. The van der Waals surface area contributed by atoms with Crippen molar-refractivity contribution in [3.8, 4) is 0 Å². The van der Waals surface area contributed by atoms with E-state index in [1.807, 2.05) is 0 Å². The van der Waals surface area contributed by atoms with Gasteiger partial charge in [-0.1, -0.05) is 0 Å². The summed E-state index contributed by atoms with van der Waals surface area (Å²) >= 11 is 0. The van der Waals surface area contributed by atoms with Gasteiger partial charge in [0, 0.05) is 0 Å². The molecule has 2 aromatic rings. The Balaban J connectivity index is 3.03. The maximum absolute atomic E-state index is 13.8. The molecule has 0 aromatic heterocycles. The van der Waals surface area contributed by atoms with Crippen LogP contribution in [0.4, 0.5) is 43.9 Å². The second-order valence-electron chi connectivity index (χ2n) is 4.91. The lowest BCUT2D eigenvalue weighted by Crippen LogP contribution is -2.38. The largest absolute Gasteiger partial charge is 0.393 e. The fraction of sp³-hybridized carbons (Fsp3) is 0.143. The van der Waals surface area contributed by atoms with Crippen molar-refractivity contribution in [2.75, 3.05) is 6.61 Å². The zero-order chi connectivity index (χ0) is 20.1. The molecule has 2 N–H and O–H groups in total. The molecular weight excluding hydrogens is 390 g/mol. The summed E-state index contributed by atoms with van der Waals surface area (Å²) in [4.78, 5) is 0. The molecule has 2 rings (SSSR count). The van der Waals surface area contributed by atoms with Gasteiger partial charge < -0.3 is 10.2 Å². The van der Waals surface area contributed by atoms with E-state index in [1.54, 1.807) is 0 Å². The van der Waals surface area contributed by atoms with E-state index in [4.69, 9.17) is 5.11 Å². The average Bonchev–Trinajstić information content (AvgIpc) is 2.61. The molecule has 0 spiro atoms. The van der Waals surface area contributed by atoms with Crippen molar-refractivity contribution >= 4 is 0 Å². The van der Waals surface area contributed by atoms with Crippen LogP contribution >= 0.6 is 0 Å². The Morgan fingerprint density at radius 3 is 0.846 bits per heavy atom. The maximum Gasteiger partial charge on any atom is 0.200 e. The summed E-state index contributed by atoms with van der Waals surface area (Å²) in [7, 11) is 0. The molecule has 0 aliphatic carbocycles. The molecular formula is C14H4F10O2. The second-order valence-corrected chi connectivity index (χ2v) is 4.91. The highest BCUT2D eigenvalue weighted by Gasteiger charge is 2.46. The fourth-order valence-electron chi connectivity index (χ4n) is 2.22. The van der Waals surface area contributed by atoms with Crippen LogP contribution < -0.4 is 0 Å². The Hall–Kier alpha value is -2.34. The van der Waals surface area contributed by atoms with Gasteiger partial charge in [-0.05, 0) is 0 Å². The molecule has 0 amide bonds. The minimum absolute atomic E-state index is 2.20. The Bertz CT molecular complexity index is 784. The van der Waals surface area contributed by atoms with Gasteiger partial charge >= 0.3 is 0 Å². The lowest BCUT2D eigenvalue weighted by Gasteiger charge is -2.29. The lowest BCUT2D eigenvalue weighted by molar-refractivity contribution is 0.00269. The number of aliphatic hydroxyl groups is 2. The smallest absolute Gasteiger partial charge is 0.200 e. The molecule has 0 fully saturated rings. The molecule has 2 aromatic carbocycles. The molecule has 26 heavy (non-hydrogen) atoms. The number of aliphatic hydroxyl groups excluding tert-OH is 1. The SMILES string of the molecule is OCC(O)(c1c(F)c(F)c(F)c(F)c1F)c1c(F)c(F)c(F)c(F)c1F. The minimum atomic E-state index is -4.20. The first-order valence-electron chi connectivity index (χ1n) is 6.28. The van der Waals surface area contributed by atoms with Crippen molar-refractivity contribution in [1.29, 1.82) is 0 Å². The van der Waals surface area contributed by atoms with Crippen LogP contribution in [0.15, 0.2) is 0 Å². The molecule has 142 valence electrons. The zero-order valence-corrected chi connectivity index (χ0v) is 11.9. The van der Waals surface area contributed by atoms with E-state index in [9.17, 15) is 49.0 Å². The van der Waals surface area contributed by atoms with Crippen molar-refractivity contribution in [2.45, 2.75) is 5.60 Å². The maximum atomic E-state index is 13.8. The summed E-state index contributed by atoms with van der Waals surface area (Å²) < 4.78 is 134. The van der Waals surface area contributed by atoms with Gasteiger partial charge in [-0.15, -0.1) is 0 Å². The van der Waals surface area contributed by atoms with Crippen molar-refractivity contribution in [3.63, 3.8) is 0 Å². The van der Waals surface area contributed by atoms with Crippen LogP contribution in [0.3, 0.4) is 0 Å². The van der Waals surface area contributed by atoms with Crippen molar-refractivity contribution < 1.29 is 54.1 Å². The van der Waals surface area contributed by atoms with Gasteiger partial charge in [0.25, 0.3) is 0 Å². The number of benzene rings is 2. The van der Waals surface area contributed by atoms with E-state index < -0.39 is 81.5 Å². The third-order valence-corrected chi connectivity index (χ3v) is 3.48. The Morgan fingerprint density at radius 1 is 0.462 bits per heavy atom. The highest BCUT2D eigenvalue weighted by atomic mass is 19.2. The summed E-state index contributed by atoms with van der Waals surface area (Å²) in [5, 5.41) is 19.1. The van der Waals surface area contributed by atoms with Crippen LogP contribution in [0.5, 0.6) is 0 Å². The normalized spacial score (nSPS) is 12.0. The van der Waals surface area contributed by atoms with Gasteiger partial charge in [-0.2, -0.15) is 0 Å². The van der Waals surface area contributed by atoms with Crippen LogP contribution in [0.1, 0.15) is 11.1 Å². The lowest BCUT2D eigenvalue weighted by atomic mass is 9.84. The van der Waals surface area contributed by atoms with Gasteiger partial charge in [0.15, 0.2) is 46.5 Å². The molecule has 0 saturated carbocycles. The van der Waals surface area contributed by atoms with Crippen molar-refractivity contribution in [2.24, 2.45) is 0 Å². The molecule has 12 heteroatoms. The molecule has 0 atom stereocenters. The van der Waals surface area contributed by atoms with Gasteiger partial charge in [-0.3, -0.25) is 0 Å². The Kier molecular flexibility index (Phi) is 4.94. The van der Waals surface area contributed by atoms with Crippen molar-refractivity contribution in [3.05, 3.63) is 69.3 Å². The highest BCUT2D eigenvalue weighted by Crippen LogP contribution is 2.40. The molecule has 0 unspecified atom stereocenters. The van der Waals surface area contributed by atoms with Crippen LogP contribution in [-0.2, 0) is 5.60 Å². The summed E-state index contributed by atoms with van der Waals surface area (Å²) in [6.45, 7) is -2.20. The first kappa shape index (κ1) is 20.0. The summed E-state index contributed by atoms with van der Waals surface area (Å²) in [6.07, 6.45) is 0. The molecule has 0 aliphatic rings. The number of hydrogen-bond donors (Lipinski definition) is 2.